The highest BCUT2D eigenvalue weighted by molar-refractivity contribution is 7.89. The zero-order valence-corrected chi connectivity index (χ0v) is 26.3. The third-order valence-corrected chi connectivity index (χ3v) is 10.2. The molecule has 1 saturated heterocycles. The van der Waals surface area contributed by atoms with Crippen LogP contribution in [0.2, 0.25) is 0 Å². The van der Waals surface area contributed by atoms with Gasteiger partial charge in [-0.25, -0.2) is 32.7 Å². The van der Waals surface area contributed by atoms with Gasteiger partial charge in [0.15, 0.2) is 11.8 Å². The van der Waals surface area contributed by atoms with Crippen molar-refractivity contribution in [2.45, 2.75) is 62.4 Å². The number of fused-ring (bicyclic) bond motifs is 1. The number of rotatable bonds is 9. The first-order chi connectivity index (χ1) is 21.8. The van der Waals surface area contributed by atoms with Crippen LogP contribution in [0.4, 0.5) is 16.3 Å². The first-order valence-electron chi connectivity index (χ1n) is 14.7. The molecule has 46 heavy (non-hydrogen) atoms. The summed E-state index contributed by atoms with van der Waals surface area (Å²) >= 11 is 0. The maximum Gasteiger partial charge on any atom is 0.335 e. The van der Waals surface area contributed by atoms with Crippen molar-refractivity contribution in [3.8, 4) is 5.75 Å². The molecule has 2 aliphatic rings. The van der Waals surface area contributed by atoms with Gasteiger partial charge in [-0.2, -0.15) is 0 Å². The number of nitrogens with one attached hydrogen (secondary N) is 1. The van der Waals surface area contributed by atoms with Gasteiger partial charge in [0.2, 0.25) is 16.3 Å². The number of ether oxygens (including phenoxy) is 2. The fourth-order valence-corrected chi connectivity index (χ4v) is 7.13. The fourth-order valence-electron chi connectivity index (χ4n) is 6.01. The van der Waals surface area contributed by atoms with Crippen LogP contribution in [0, 0.1) is 5.92 Å². The van der Waals surface area contributed by atoms with E-state index in [0.29, 0.717) is 16.9 Å². The molecular formula is C29H38N6O10S. The van der Waals surface area contributed by atoms with E-state index >= 15 is 0 Å². The Morgan fingerprint density at radius 2 is 1.74 bits per heavy atom. The molecule has 1 aliphatic carbocycles. The number of benzene rings is 1. The summed E-state index contributed by atoms with van der Waals surface area (Å²) in [5.41, 5.74) is 0.592. The number of amides is 1. The number of carboxylic acids is 1. The van der Waals surface area contributed by atoms with Crippen LogP contribution in [-0.2, 0) is 19.6 Å². The van der Waals surface area contributed by atoms with Crippen LogP contribution < -0.4 is 19.3 Å². The summed E-state index contributed by atoms with van der Waals surface area (Å²) in [5, 5.41) is 40.6. The van der Waals surface area contributed by atoms with Crippen LogP contribution in [0.3, 0.4) is 0 Å². The van der Waals surface area contributed by atoms with Crippen LogP contribution in [0.15, 0.2) is 42.9 Å². The molecule has 0 unspecified atom stereocenters. The number of carbonyl (C=O) groups excluding carboxylic acids is 1. The van der Waals surface area contributed by atoms with Crippen molar-refractivity contribution in [1.29, 1.82) is 0 Å². The Hall–Kier alpha value is -3.87. The molecule has 0 spiro atoms. The highest BCUT2D eigenvalue weighted by Gasteiger charge is 2.48. The average Bonchev–Trinajstić information content (AvgIpc) is 3.48. The molecule has 5 N–H and O–H groups in total. The van der Waals surface area contributed by atoms with Crippen LogP contribution in [0.25, 0.3) is 11.0 Å². The average molecular weight is 663 g/mol. The Kier molecular flexibility index (Phi) is 9.81. The molecule has 1 aliphatic heterocycles. The summed E-state index contributed by atoms with van der Waals surface area (Å²) in [6.45, 7) is 0. The summed E-state index contributed by atoms with van der Waals surface area (Å²) in [4.78, 5) is 37.5. The zero-order valence-electron chi connectivity index (χ0n) is 25.5. The summed E-state index contributed by atoms with van der Waals surface area (Å²) < 4.78 is 38.7. The van der Waals surface area contributed by atoms with Crippen molar-refractivity contribution in [2.24, 2.45) is 5.92 Å². The molecule has 3 heterocycles. The summed E-state index contributed by atoms with van der Waals surface area (Å²) in [6.07, 6.45) is -2.99. The second kappa shape index (κ2) is 13.5. The van der Waals surface area contributed by atoms with E-state index < -0.39 is 52.7 Å². The quantitative estimate of drug-likeness (QED) is 0.209. The first kappa shape index (κ1) is 33.5. The number of nitrogens with zero attached hydrogens (tertiary/aromatic N) is 5. The van der Waals surface area contributed by atoms with Crippen molar-refractivity contribution in [3.63, 3.8) is 0 Å². The predicted octanol–water partition coefficient (Wildman–Crippen LogP) is 0.351. The second-order valence-electron chi connectivity index (χ2n) is 11.6. The van der Waals surface area contributed by atoms with Crippen molar-refractivity contribution in [3.05, 3.63) is 42.9 Å². The number of hydrogen-bond donors (Lipinski definition) is 5. The lowest BCUT2D eigenvalue weighted by atomic mass is 9.86. The number of aliphatic hydroxyl groups excluding tert-OH is 3. The Morgan fingerprint density at radius 3 is 2.41 bits per heavy atom. The number of aromatic nitrogens is 3. The Bertz CT molecular complexity index is 1680. The van der Waals surface area contributed by atoms with Gasteiger partial charge in [-0.15, -0.1) is 0 Å². The van der Waals surface area contributed by atoms with Crippen molar-refractivity contribution in [2.75, 3.05) is 36.7 Å². The first-order valence-corrected chi connectivity index (χ1v) is 16.4. The lowest BCUT2D eigenvalue weighted by molar-refractivity contribution is -0.271. The summed E-state index contributed by atoms with van der Waals surface area (Å²) in [6, 6.07) is 7.64. The molecule has 2 aromatic heterocycles. The smallest absolute Gasteiger partial charge is 0.335 e. The monoisotopic (exact) mass is 662 g/mol. The second-order valence-corrected chi connectivity index (χ2v) is 13.5. The third kappa shape index (κ3) is 6.65. The molecule has 1 amide bonds. The molecule has 1 saturated carbocycles. The number of carboxylic acid groups (broad SMARTS) is 1. The van der Waals surface area contributed by atoms with Gasteiger partial charge in [-0.1, -0.05) is 12.1 Å². The standard InChI is InChI=1S/C29H38N6O10S/c1-30-46(42,43)14-16-8-10-17(11-9-16)33(2)25-18-12-13-35(26(18)32-15-31-25)29(41)34(3)19-6-4-5-7-20(19)44-28-23(38)21(36)22(37)24(45-28)27(39)40/h4-7,12-13,15-17,21-24,28,30,36-38H,8-11,14H2,1-3H3,(H,39,40)/t16?,17?,21-,22-,23+,24-,28+/m0/s1. The molecule has 250 valence electrons. The van der Waals surface area contributed by atoms with Gasteiger partial charge in [-0.05, 0) is 56.8 Å². The van der Waals surface area contributed by atoms with Gasteiger partial charge >= 0.3 is 12.0 Å². The Labute approximate surface area is 265 Å². The number of para-hydroxylation sites is 2. The van der Waals surface area contributed by atoms with E-state index in [1.54, 1.807) is 30.5 Å². The predicted molar refractivity (Wildman–Crippen MR) is 165 cm³/mol. The van der Waals surface area contributed by atoms with E-state index in [0.717, 1.165) is 25.7 Å². The van der Waals surface area contributed by atoms with Crippen molar-refractivity contribution < 1.29 is 47.9 Å². The summed E-state index contributed by atoms with van der Waals surface area (Å²) in [7, 11) is 1.55. The highest BCUT2D eigenvalue weighted by Crippen LogP contribution is 2.34. The molecular weight excluding hydrogens is 624 g/mol. The minimum absolute atomic E-state index is 0.0414. The van der Waals surface area contributed by atoms with E-state index in [4.69, 9.17) is 9.47 Å². The van der Waals surface area contributed by atoms with Crippen molar-refractivity contribution >= 4 is 44.6 Å². The van der Waals surface area contributed by atoms with Crippen LogP contribution >= 0.6 is 0 Å². The molecule has 17 heteroatoms. The SMILES string of the molecule is CNS(=O)(=O)CC1CCC(N(C)c2ncnc3c2ccn3C(=O)N(C)c2ccccc2O[C@@H]2O[C@H](C(=O)O)[C@@H](O)[C@H](O)[C@H]2O)CC1. The summed E-state index contributed by atoms with van der Waals surface area (Å²) in [5.74, 6) is -0.693. The lowest BCUT2D eigenvalue weighted by Crippen LogP contribution is -2.61. The number of sulfonamides is 1. The van der Waals surface area contributed by atoms with E-state index in [2.05, 4.69) is 14.7 Å². The molecule has 0 radical (unpaired) electrons. The molecule has 0 bridgehead atoms. The maximum atomic E-state index is 13.8. The molecule has 5 rings (SSSR count). The molecule has 2 fully saturated rings. The van der Waals surface area contributed by atoms with Gasteiger partial charge in [0.25, 0.3) is 0 Å². The largest absolute Gasteiger partial charge is 0.479 e. The van der Waals surface area contributed by atoms with Gasteiger partial charge in [-0.3, -0.25) is 9.47 Å². The zero-order chi connectivity index (χ0) is 33.3. The molecule has 16 nitrogen and oxygen atoms in total. The van der Waals surface area contributed by atoms with Crippen molar-refractivity contribution in [1.82, 2.24) is 19.3 Å². The third-order valence-electron chi connectivity index (χ3n) is 8.70. The molecule has 5 atom stereocenters. The van der Waals surface area contributed by atoms with E-state index in [1.807, 2.05) is 11.9 Å². The van der Waals surface area contributed by atoms with E-state index in [1.165, 1.54) is 36.0 Å². The number of aliphatic hydroxyl groups is 3. The number of hydrogen-bond acceptors (Lipinski definition) is 12. The Morgan fingerprint density at radius 1 is 1.04 bits per heavy atom. The van der Waals surface area contributed by atoms with E-state index in [-0.39, 0.29) is 29.1 Å². The Balaban J connectivity index is 1.34. The van der Waals surface area contributed by atoms with Crippen LogP contribution in [0.1, 0.15) is 25.7 Å². The fraction of sp³-hybridized carbons (Fsp3) is 0.517. The normalized spacial score (nSPS) is 26.9. The van der Waals surface area contributed by atoms with Gasteiger partial charge < -0.3 is 34.8 Å². The maximum absolute atomic E-state index is 13.8. The van der Waals surface area contributed by atoms with E-state index in [9.17, 15) is 38.4 Å². The number of anilines is 2. The topological polar surface area (TPSA) is 217 Å². The van der Waals surface area contributed by atoms with Crippen LogP contribution in [-0.4, -0.2) is 119 Å². The van der Waals surface area contributed by atoms with Gasteiger partial charge in [0.05, 0.1) is 16.8 Å². The lowest BCUT2D eigenvalue weighted by Gasteiger charge is -2.38. The highest BCUT2D eigenvalue weighted by atomic mass is 32.2. The minimum Gasteiger partial charge on any atom is -0.479 e. The molecule has 3 aromatic rings. The van der Waals surface area contributed by atoms with Crippen LogP contribution in [0.5, 0.6) is 5.75 Å². The number of carbonyl (C=O) groups is 2. The van der Waals surface area contributed by atoms with Gasteiger partial charge in [0, 0.05) is 26.3 Å². The number of aliphatic carboxylic acids is 1. The van der Waals surface area contributed by atoms with Gasteiger partial charge in [0.1, 0.15) is 36.2 Å². The minimum atomic E-state index is -3.28. The molecule has 1 aromatic carbocycles.